The van der Waals surface area contributed by atoms with Gasteiger partial charge in [0.25, 0.3) is 0 Å². The molecule has 0 saturated heterocycles. The van der Waals surface area contributed by atoms with Crippen molar-refractivity contribution >= 4 is 54.7 Å². The fraction of sp³-hybridized carbons (Fsp3) is 0. The fourth-order valence-electron chi connectivity index (χ4n) is 3.02. The molecule has 0 saturated carbocycles. The zero-order valence-electron chi connectivity index (χ0n) is 14.9. The summed E-state index contributed by atoms with van der Waals surface area (Å²) >= 11 is 4.27. The maximum absolute atomic E-state index is 11.6. The first-order valence-corrected chi connectivity index (χ1v) is 10.2. The average Bonchev–Trinajstić information content (AvgIpc) is 3.18. The van der Waals surface area contributed by atoms with E-state index in [0.717, 1.165) is 32.1 Å². The number of benzene rings is 3. The number of nitro groups is 1. The van der Waals surface area contributed by atoms with Crippen molar-refractivity contribution in [3.63, 3.8) is 0 Å². The van der Waals surface area contributed by atoms with Gasteiger partial charge < -0.3 is 0 Å². The molecular formula is C22H12BrN3O2S. The number of rotatable bonds is 4. The Morgan fingerprint density at radius 2 is 1.83 bits per heavy atom. The maximum Gasteiger partial charge on any atom is 0.352 e. The van der Waals surface area contributed by atoms with Gasteiger partial charge in [-0.3, -0.25) is 10.1 Å². The number of allylic oxidation sites excluding steroid dienone is 1. The van der Waals surface area contributed by atoms with E-state index in [9.17, 15) is 15.4 Å². The highest BCUT2D eigenvalue weighted by molar-refractivity contribution is 9.10. The predicted molar refractivity (Wildman–Crippen MR) is 119 cm³/mol. The molecule has 4 rings (SSSR count). The molecule has 0 aliphatic heterocycles. The number of thiazole rings is 1. The second-order valence-corrected chi connectivity index (χ2v) is 8.07. The number of nitrogens with zero attached hydrogens (tertiary/aromatic N) is 3. The van der Waals surface area contributed by atoms with Gasteiger partial charge in [0.05, 0.1) is 10.5 Å². The van der Waals surface area contributed by atoms with Crippen LogP contribution < -0.4 is 0 Å². The van der Waals surface area contributed by atoms with Crippen molar-refractivity contribution < 1.29 is 4.92 Å². The van der Waals surface area contributed by atoms with Crippen LogP contribution in [0.15, 0.2) is 71.2 Å². The quantitative estimate of drug-likeness (QED) is 0.192. The number of aromatic nitrogens is 1. The molecule has 3 aromatic carbocycles. The lowest BCUT2D eigenvalue weighted by atomic mass is 10.0. The van der Waals surface area contributed by atoms with Gasteiger partial charge >= 0.3 is 5.00 Å². The summed E-state index contributed by atoms with van der Waals surface area (Å²) in [5, 5.41) is 23.6. The Morgan fingerprint density at radius 1 is 1.10 bits per heavy atom. The molecule has 0 fully saturated rings. The van der Waals surface area contributed by atoms with E-state index in [1.165, 1.54) is 0 Å². The van der Waals surface area contributed by atoms with Crippen molar-refractivity contribution in [2.75, 3.05) is 0 Å². The van der Waals surface area contributed by atoms with Gasteiger partial charge in [-0.15, -0.1) is 0 Å². The molecular weight excluding hydrogens is 450 g/mol. The number of nitriles is 1. The molecule has 140 valence electrons. The van der Waals surface area contributed by atoms with E-state index in [1.54, 1.807) is 30.3 Å². The second kappa shape index (κ2) is 7.95. The van der Waals surface area contributed by atoms with E-state index in [-0.39, 0.29) is 16.3 Å². The minimum Gasteiger partial charge on any atom is -0.257 e. The first-order chi connectivity index (χ1) is 14.1. The van der Waals surface area contributed by atoms with E-state index in [4.69, 9.17) is 0 Å². The lowest BCUT2D eigenvalue weighted by Gasteiger charge is -2.02. The Labute approximate surface area is 178 Å². The Hall–Kier alpha value is -3.34. The molecule has 0 spiro atoms. The number of fused-ring (bicyclic) bond motifs is 1. The molecule has 0 atom stereocenters. The third kappa shape index (κ3) is 3.81. The third-order valence-electron chi connectivity index (χ3n) is 4.37. The highest BCUT2D eigenvalue weighted by Gasteiger charge is 2.24. The van der Waals surface area contributed by atoms with Gasteiger partial charge in [-0.25, -0.2) is 4.98 Å². The van der Waals surface area contributed by atoms with E-state index in [1.807, 2.05) is 42.5 Å². The number of hydrogen-bond acceptors (Lipinski definition) is 5. The third-order valence-corrected chi connectivity index (χ3v) is 5.94. The zero-order chi connectivity index (χ0) is 20.4. The maximum atomic E-state index is 11.6. The summed E-state index contributed by atoms with van der Waals surface area (Å²) in [5.74, 6) is 0. The van der Waals surface area contributed by atoms with Crippen LogP contribution in [0, 0.1) is 21.4 Å². The molecule has 7 heteroatoms. The number of halogens is 1. The predicted octanol–water partition coefficient (Wildman–Crippen LogP) is 6.70. The molecule has 0 unspecified atom stereocenters. The van der Waals surface area contributed by atoms with Crippen molar-refractivity contribution in [3.8, 4) is 17.3 Å². The summed E-state index contributed by atoms with van der Waals surface area (Å²) in [6.07, 6.45) is 1.73. The average molecular weight is 462 g/mol. The van der Waals surface area contributed by atoms with Crippen LogP contribution in [0.5, 0.6) is 0 Å². The van der Waals surface area contributed by atoms with E-state index in [0.29, 0.717) is 10.6 Å². The van der Waals surface area contributed by atoms with Crippen LogP contribution in [-0.2, 0) is 0 Å². The summed E-state index contributed by atoms with van der Waals surface area (Å²) < 4.78 is 0.868. The van der Waals surface area contributed by atoms with Gasteiger partial charge in [0.15, 0.2) is 5.69 Å². The zero-order valence-corrected chi connectivity index (χ0v) is 17.3. The van der Waals surface area contributed by atoms with Crippen molar-refractivity contribution in [3.05, 3.63) is 91.9 Å². The molecule has 1 aromatic heterocycles. The standard InChI is InChI=1S/C22H12BrN3O2S/c23-18-10-8-15(9-11-18)20-22(26(27)28)29-21(25-20)17(13-24)12-16-6-3-5-14-4-1-2-7-19(14)16/h1-12H/b17-12+. The van der Waals surface area contributed by atoms with Crippen molar-refractivity contribution in [1.29, 1.82) is 5.26 Å². The largest absolute Gasteiger partial charge is 0.352 e. The van der Waals surface area contributed by atoms with Crippen molar-refractivity contribution in [2.45, 2.75) is 0 Å². The molecule has 4 aromatic rings. The van der Waals surface area contributed by atoms with Crippen LogP contribution in [0.25, 0.3) is 33.7 Å². The highest BCUT2D eigenvalue weighted by Crippen LogP contribution is 2.38. The van der Waals surface area contributed by atoms with Gasteiger partial charge in [0.1, 0.15) is 11.1 Å². The molecule has 1 heterocycles. The SMILES string of the molecule is N#C/C(=C\c1cccc2ccccc12)c1nc(-c2ccc(Br)cc2)c([N+](=O)[O-])s1. The van der Waals surface area contributed by atoms with Crippen LogP contribution in [0.1, 0.15) is 10.6 Å². The summed E-state index contributed by atoms with van der Waals surface area (Å²) in [4.78, 5) is 15.6. The molecule has 0 amide bonds. The lowest BCUT2D eigenvalue weighted by Crippen LogP contribution is -1.88. The molecule has 29 heavy (non-hydrogen) atoms. The summed E-state index contributed by atoms with van der Waals surface area (Å²) in [5.41, 5.74) is 2.05. The van der Waals surface area contributed by atoms with Gasteiger partial charge in [0.2, 0.25) is 0 Å². The first kappa shape index (κ1) is 19.0. The first-order valence-electron chi connectivity index (χ1n) is 8.58. The molecule has 0 aliphatic rings. The van der Waals surface area contributed by atoms with Crippen molar-refractivity contribution in [1.82, 2.24) is 4.98 Å². The lowest BCUT2D eigenvalue weighted by molar-refractivity contribution is -0.379. The molecule has 5 nitrogen and oxygen atoms in total. The Bertz CT molecular complexity index is 1300. The van der Waals surface area contributed by atoms with E-state index in [2.05, 4.69) is 27.0 Å². The van der Waals surface area contributed by atoms with Gasteiger partial charge in [-0.05, 0) is 45.9 Å². The highest BCUT2D eigenvalue weighted by atomic mass is 79.9. The van der Waals surface area contributed by atoms with Crippen molar-refractivity contribution in [2.24, 2.45) is 0 Å². The van der Waals surface area contributed by atoms with E-state index >= 15 is 0 Å². The number of hydrogen-bond donors (Lipinski definition) is 0. The Kier molecular flexibility index (Phi) is 5.21. The minimum atomic E-state index is -0.453. The topological polar surface area (TPSA) is 79.8 Å². The summed E-state index contributed by atoms with van der Waals surface area (Å²) in [6, 6.07) is 23.0. The van der Waals surface area contributed by atoms with E-state index < -0.39 is 4.92 Å². The van der Waals surface area contributed by atoms with Gasteiger partial charge in [-0.1, -0.05) is 70.5 Å². The summed E-state index contributed by atoms with van der Waals surface area (Å²) in [7, 11) is 0. The van der Waals surface area contributed by atoms with Crippen LogP contribution in [0.4, 0.5) is 5.00 Å². The second-order valence-electron chi connectivity index (χ2n) is 6.17. The van der Waals surface area contributed by atoms with Gasteiger partial charge in [-0.2, -0.15) is 5.26 Å². The Morgan fingerprint density at radius 3 is 2.55 bits per heavy atom. The monoisotopic (exact) mass is 461 g/mol. The minimum absolute atomic E-state index is 0.0820. The van der Waals surface area contributed by atoms with Crippen LogP contribution >= 0.6 is 27.3 Å². The van der Waals surface area contributed by atoms with Crippen LogP contribution in [-0.4, -0.2) is 9.91 Å². The molecule has 0 N–H and O–H groups in total. The Balaban J connectivity index is 1.85. The molecule has 0 aliphatic carbocycles. The molecule has 0 radical (unpaired) electrons. The summed E-state index contributed by atoms with van der Waals surface area (Å²) in [6.45, 7) is 0. The van der Waals surface area contributed by atoms with Crippen LogP contribution in [0.3, 0.4) is 0 Å². The molecule has 0 bridgehead atoms. The smallest absolute Gasteiger partial charge is 0.257 e. The van der Waals surface area contributed by atoms with Gasteiger partial charge in [0, 0.05) is 10.0 Å². The fourth-order valence-corrected chi connectivity index (χ4v) is 4.15. The van der Waals surface area contributed by atoms with Crippen LogP contribution in [0.2, 0.25) is 0 Å². The normalized spacial score (nSPS) is 11.4.